The summed E-state index contributed by atoms with van der Waals surface area (Å²) >= 11 is 0. The SMILES string of the molecule is CN(CC(=O)O)c1cccc(F)n1. The number of likely N-dealkylation sites (N-methyl/N-ethyl adjacent to an activating group) is 1. The standard InChI is InChI=1S/C8H9FN2O2/c1-11(5-8(12)13)7-4-2-3-6(9)10-7/h2-4H,5H2,1H3,(H,12,13). The molecule has 0 spiro atoms. The van der Waals surface area contributed by atoms with Crippen LogP contribution in [0, 0.1) is 5.95 Å². The van der Waals surface area contributed by atoms with Crippen molar-refractivity contribution >= 4 is 11.8 Å². The maximum absolute atomic E-state index is 12.6. The van der Waals surface area contributed by atoms with Gasteiger partial charge in [-0.05, 0) is 12.1 Å². The highest BCUT2D eigenvalue weighted by Crippen LogP contribution is 2.07. The highest BCUT2D eigenvalue weighted by atomic mass is 19.1. The molecule has 13 heavy (non-hydrogen) atoms. The van der Waals surface area contributed by atoms with E-state index in [9.17, 15) is 9.18 Å². The summed E-state index contributed by atoms with van der Waals surface area (Å²) < 4.78 is 12.6. The maximum Gasteiger partial charge on any atom is 0.323 e. The van der Waals surface area contributed by atoms with E-state index in [2.05, 4.69) is 4.98 Å². The predicted molar refractivity (Wildman–Crippen MR) is 45.1 cm³/mol. The van der Waals surface area contributed by atoms with Crippen LogP contribution in [0.25, 0.3) is 0 Å². The van der Waals surface area contributed by atoms with Crippen LogP contribution >= 0.6 is 0 Å². The number of carbonyl (C=O) groups is 1. The van der Waals surface area contributed by atoms with E-state index in [4.69, 9.17) is 5.11 Å². The molecule has 0 aliphatic rings. The van der Waals surface area contributed by atoms with E-state index in [1.807, 2.05) is 0 Å². The monoisotopic (exact) mass is 184 g/mol. The maximum atomic E-state index is 12.6. The van der Waals surface area contributed by atoms with E-state index in [0.29, 0.717) is 5.82 Å². The first-order valence-electron chi connectivity index (χ1n) is 3.65. The quantitative estimate of drug-likeness (QED) is 0.704. The molecule has 0 amide bonds. The fraction of sp³-hybridized carbons (Fsp3) is 0.250. The normalized spacial score (nSPS) is 9.69. The first-order valence-corrected chi connectivity index (χ1v) is 3.65. The zero-order valence-electron chi connectivity index (χ0n) is 7.07. The first-order chi connectivity index (χ1) is 6.09. The van der Waals surface area contributed by atoms with Gasteiger partial charge in [-0.25, -0.2) is 4.98 Å². The van der Waals surface area contributed by atoms with Gasteiger partial charge in [0.2, 0.25) is 5.95 Å². The van der Waals surface area contributed by atoms with E-state index in [0.717, 1.165) is 0 Å². The highest BCUT2D eigenvalue weighted by Gasteiger charge is 2.06. The lowest BCUT2D eigenvalue weighted by Gasteiger charge is -2.14. The minimum Gasteiger partial charge on any atom is -0.480 e. The molecule has 0 unspecified atom stereocenters. The van der Waals surface area contributed by atoms with Crippen LogP contribution in [0.15, 0.2) is 18.2 Å². The number of carboxylic acid groups (broad SMARTS) is 1. The first kappa shape index (κ1) is 9.44. The van der Waals surface area contributed by atoms with Gasteiger partial charge in [-0.2, -0.15) is 4.39 Å². The molecular weight excluding hydrogens is 175 g/mol. The Morgan fingerprint density at radius 2 is 2.38 bits per heavy atom. The number of aliphatic carboxylic acids is 1. The van der Waals surface area contributed by atoms with Crippen molar-refractivity contribution in [1.82, 2.24) is 4.98 Å². The Morgan fingerprint density at radius 3 is 2.92 bits per heavy atom. The van der Waals surface area contributed by atoms with Gasteiger partial charge in [0, 0.05) is 7.05 Å². The lowest BCUT2D eigenvalue weighted by Crippen LogP contribution is -2.25. The minimum atomic E-state index is -0.978. The lowest BCUT2D eigenvalue weighted by atomic mass is 10.4. The summed E-state index contributed by atoms with van der Waals surface area (Å²) in [6.07, 6.45) is 0. The largest absolute Gasteiger partial charge is 0.480 e. The number of anilines is 1. The van der Waals surface area contributed by atoms with E-state index >= 15 is 0 Å². The zero-order valence-corrected chi connectivity index (χ0v) is 7.07. The van der Waals surface area contributed by atoms with Crippen LogP contribution in [0.2, 0.25) is 0 Å². The van der Waals surface area contributed by atoms with Crippen molar-refractivity contribution in [2.24, 2.45) is 0 Å². The van der Waals surface area contributed by atoms with Crippen molar-refractivity contribution in [2.45, 2.75) is 0 Å². The van der Waals surface area contributed by atoms with Crippen molar-refractivity contribution in [3.63, 3.8) is 0 Å². The summed E-state index contributed by atoms with van der Waals surface area (Å²) in [4.78, 5) is 15.2. The van der Waals surface area contributed by atoms with Gasteiger partial charge in [-0.3, -0.25) is 4.79 Å². The molecule has 0 saturated carbocycles. The number of hydrogen-bond acceptors (Lipinski definition) is 3. The van der Waals surface area contributed by atoms with E-state index < -0.39 is 11.9 Å². The van der Waals surface area contributed by atoms with Gasteiger partial charge in [-0.1, -0.05) is 6.07 Å². The van der Waals surface area contributed by atoms with Crippen molar-refractivity contribution in [3.05, 3.63) is 24.1 Å². The third-order valence-electron chi connectivity index (χ3n) is 1.46. The Kier molecular flexibility index (Phi) is 2.79. The second-order valence-corrected chi connectivity index (χ2v) is 2.57. The average Bonchev–Trinajstić information content (AvgIpc) is 2.03. The van der Waals surface area contributed by atoms with Crippen LogP contribution in [-0.4, -0.2) is 29.7 Å². The fourth-order valence-corrected chi connectivity index (χ4v) is 0.894. The third-order valence-corrected chi connectivity index (χ3v) is 1.46. The molecule has 0 fully saturated rings. The van der Waals surface area contributed by atoms with Crippen LogP contribution in [-0.2, 0) is 4.79 Å². The summed E-state index contributed by atoms with van der Waals surface area (Å²) in [7, 11) is 1.54. The molecule has 0 aliphatic heterocycles. The van der Waals surface area contributed by atoms with Crippen molar-refractivity contribution in [3.8, 4) is 0 Å². The number of carboxylic acids is 1. The van der Waals surface area contributed by atoms with E-state index in [1.165, 1.54) is 24.1 Å². The van der Waals surface area contributed by atoms with Gasteiger partial charge >= 0.3 is 5.97 Å². The van der Waals surface area contributed by atoms with Gasteiger partial charge in [0.05, 0.1) is 0 Å². The topological polar surface area (TPSA) is 53.4 Å². The third kappa shape index (κ3) is 2.70. The molecule has 0 aromatic carbocycles. The molecule has 1 heterocycles. The lowest BCUT2D eigenvalue weighted by molar-refractivity contribution is -0.135. The molecule has 1 aromatic heterocycles. The molecule has 1 N–H and O–H groups in total. The molecule has 1 aromatic rings. The average molecular weight is 184 g/mol. The van der Waals surface area contributed by atoms with Crippen LogP contribution in [0.5, 0.6) is 0 Å². The Bertz CT molecular complexity index is 317. The molecule has 4 nitrogen and oxygen atoms in total. The smallest absolute Gasteiger partial charge is 0.323 e. The number of halogens is 1. The van der Waals surface area contributed by atoms with Crippen LogP contribution < -0.4 is 4.90 Å². The van der Waals surface area contributed by atoms with Gasteiger partial charge in [0.1, 0.15) is 12.4 Å². The minimum absolute atomic E-state index is 0.198. The molecule has 0 bridgehead atoms. The molecular formula is C8H9FN2O2. The second-order valence-electron chi connectivity index (χ2n) is 2.57. The molecule has 0 saturated heterocycles. The zero-order chi connectivity index (χ0) is 9.84. The Balaban J connectivity index is 2.76. The Hall–Kier alpha value is -1.65. The van der Waals surface area contributed by atoms with Crippen LogP contribution in [0.1, 0.15) is 0 Å². The van der Waals surface area contributed by atoms with E-state index in [1.54, 1.807) is 6.07 Å². The van der Waals surface area contributed by atoms with Gasteiger partial charge < -0.3 is 10.0 Å². The summed E-state index contributed by atoms with van der Waals surface area (Å²) in [5.41, 5.74) is 0. The van der Waals surface area contributed by atoms with Crippen molar-refractivity contribution < 1.29 is 14.3 Å². The van der Waals surface area contributed by atoms with E-state index in [-0.39, 0.29) is 6.54 Å². The number of hydrogen-bond donors (Lipinski definition) is 1. The molecule has 0 aliphatic carbocycles. The van der Waals surface area contributed by atoms with Gasteiger partial charge in [0.15, 0.2) is 0 Å². The summed E-state index contributed by atoms with van der Waals surface area (Å²) in [6.45, 7) is -0.198. The number of aromatic nitrogens is 1. The predicted octanol–water partition coefficient (Wildman–Crippen LogP) is 0.742. The van der Waals surface area contributed by atoms with Crippen molar-refractivity contribution in [2.75, 3.05) is 18.5 Å². The van der Waals surface area contributed by atoms with Gasteiger partial charge in [-0.15, -0.1) is 0 Å². The second kappa shape index (κ2) is 3.84. The molecule has 0 atom stereocenters. The molecule has 5 heteroatoms. The Morgan fingerprint density at radius 1 is 1.69 bits per heavy atom. The summed E-state index contributed by atoms with van der Waals surface area (Å²) in [5.74, 6) is -1.29. The number of nitrogens with zero attached hydrogens (tertiary/aromatic N) is 2. The molecule has 0 radical (unpaired) electrons. The van der Waals surface area contributed by atoms with Gasteiger partial charge in [0.25, 0.3) is 0 Å². The number of rotatable bonds is 3. The fourth-order valence-electron chi connectivity index (χ4n) is 0.894. The summed E-state index contributed by atoms with van der Waals surface area (Å²) in [6, 6.07) is 4.24. The van der Waals surface area contributed by atoms with Crippen LogP contribution in [0.3, 0.4) is 0 Å². The molecule has 70 valence electrons. The molecule has 1 rings (SSSR count). The Labute approximate surface area is 74.6 Å². The summed E-state index contributed by atoms with van der Waals surface area (Å²) in [5, 5.41) is 8.45. The van der Waals surface area contributed by atoms with Crippen LogP contribution in [0.4, 0.5) is 10.2 Å². The van der Waals surface area contributed by atoms with Crippen molar-refractivity contribution in [1.29, 1.82) is 0 Å². The highest BCUT2D eigenvalue weighted by molar-refractivity contribution is 5.72. The number of pyridine rings is 1.